The predicted octanol–water partition coefficient (Wildman–Crippen LogP) is 2.96. The van der Waals surface area contributed by atoms with Crippen LogP contribution in [0.3, 0.4) is 0 Å². The topological polar surface area (TPSA) is 43.6 Å². The molecule has 0 aromatic carbocycles. The molecule has 3 aromatic rings. The zero-order chi connectivity index (χ0) is 13.9. The molecule has 4 nitrogen and oxygen atoms in total. The van der Waals surface area contributed by atoms with E-state index >= 15 is 0 Å². The summed E-state index contributed by atoms with van der Waals surface area (Å²) in [4.78, 5) is 13.6. The fourth-order valence-electron chi connectivity index (χ4n) is 2.24. The number of aryl methyl sites for hydroxylation is 2. The standard InChI is InChI=1S/C15H15ClN4/c1-11-5-6-13-15(18-11)20(14(19-13)7-8-16)10-12-4-2-3-9-17-12/h2-6,9H,7-8,10H2,1H3. The van der Waals surface area contributed by atoms with Crippen LogP contribution in [0.15, 0.2) is 36.5 Å². The number of pyridine rings is 2. The smallest absolute Gasteiger partial charge is 0.160 e. The quantitative estimate of drug-likeness (QED) is 0.693. The second-order valence-electron chi connectivity index (χ2n) is 4.67. The third-order valence-electron chi connectivity index (χ3n) is 3.17. The van der Waals surface area contributed by atoms with Crippen molar-refractivity contribution >= 4 is 22.8 Å². The van der Waals surface area contributed by atoms with Crippen molar-refractivity contribution in [3.8, 4) is 0 Å². The van der Waals surface area contributed by atoms with E-state index in [2.05, 4.69) is 19.5 Å². The van der Waals surface area contributed by atoms with E-state index in [4.69, 9.17) is 11.6 Å². The summed E-state index contributed by atoms with van der Waals surface area (Å²) < 4.78 is 2.10. The lowest BCUT2D eigenvalue weighted by Crippen LogP contribution is -2.08. The molecule has 20 heavy (non-hydrogen) atoms. The molecular weight excluding hydrogens is 272 g/mol. The molecule has 3 heterocycles. The van der Waals surface area contributed by atoms with Crippen LogP contribution < -0.4 is 0 Å². The SMILES string of the molecule is Cc1ccc2nc(CCCl)n(Cc3ccccn3)c2n1. The maximum atomic E-state index is 5.88. The molecule has 0 bridgehead atoms. The highest BCUT2D eigenvalue weighted by atomic mass is 35.5. The van der Waals surface area contributed by atoms with Gasteiger partial charge in [0.2, 0.25) is 0 Å². The summed E-state index contributed by atoms with van der Waals surface area (Å²) >= 11 is 5.88. The van der Waals surface area contributed by atoms with Gasteiger partial charge in [-0.25, -0.2) is 9.97 Å². The van der Waals surface area contributed by atoms with Crippen molar-refractivity contribution in [2.75, 3.05) is 5.88 Å². The molecule has 0 aliphatic rings. The highest BCUT2D eigenvalue weighted by Crippen LogP contribution is 2.17. The predicted molar refractivity (Wildman–Crippen MR) is 80.0 cm³/mol. The van der Waals surface area contributed by atoms with Gasteiger partial charge in [0.1, 0.15) is 11.3 Å². The number of rotatable bonds is 4. The minimum absolute atomic E-state index is 0.546. The van der Waals surface area contributed by atoms with Crippen molar-refractivity contribution in [3.05, 3.63) is 53.7 Å². The van der Waals surface area contributed by atoms with Crippen LogP contribution in [0.2, 0.25) is 0 Å². The van der Waals surface area contributed by atoms with Crippen molar-refractivity contribution in [1.82, 2.24) is 19.5 Å². The van der Waals surface area contributed by atoms with E-state index in [1.807, 2.05) is 37.3 Å². The van der Waals surface area contributed by atoms with Gasteiger partial charge in [-0.3, -0.25) is 4.98 Å². The molecule has 0 amide bonds. The van der Waals surface area contributed by atoms with Gasteiger partial charge in [0.15, 0.2) is 5.65 Å². The minimum atomic E-state index is 0.546. The number of aromatic nitrogens is 4. The maximum absolute atomic E-state index is 5.88. The Morgan fingerprint density at radius 1 is 1.15 bits per heavy atom. The van der Waals surface area contributed by atoms with Gasteiger partial charge in [0.05, 0.1) is 12.2 Å². The van der Waals surface area contributed by atoms with Gasteiger partial charge in [-0.2, -0.15) is 0 Å². The molecule has 0 atom stereocenters. The molecule has 0 aliphatic heterocycles. The van der Waals surface area contributed by atoms with Crippen molar-refractivity contribution in [1.29, 1.82) is 0 Å². The number of fused-ring (bicyclic) bond motifs is 1. The molecule has 5 heteroatoms. The summed E-state index contributed by atoms with van der Waals surface area (Å²) in [5, 5.41) is 0. The highest BCUT2D eigenvalue weighted by Gasteiger charge is 2.12. The van der Waals surface area contributed by atoms with Crippen molar-refractivity contribution < 1.29 is 0 Å². The second kappa shape index (κ2) is 5.59. The lowest BCUT2D eigenvalue weighted by molar-refractivity contribution is 0.730. The van der Waals surface area contributed by atoms with Gasteiger partial charge in [-0.1, -0.05) is 6.07 Å². The van der Waals surface area contributed by atoms with Crippen molar-refractivity contribution in [2.45, 2.75) is 19.9 Å². The Kier molecular flexibility index (Phi) is 3.65. The Morgan fingerprint density at radius 2 is 2.05 bits per heavy atom. The van der Waals surface area contributed by atoms with Crippen LogP contribution in [0, 0.1) is 6.92 Å². The van der Waals surface area contributed by atoms with Gasteiger partial charge in [-0.05, 0) is 31.2 Å². The first kappa shape index (κ1) is 13.1. The molecule has 0 radical (unpaired) electrons. The number of hydrogen-bond acceptors (Lipinski definition) is 3. The summed E-state index contributed by atoms with van der Waals surface area (Å²) in [5.41, 5.74) is 3.78. The van der Waals surface area contributed by atoms with Crippen LogP contribution in [-0.2, 0) is 13.0 Å². The fraction of sp³-hybridized carbons (Fsp3) is 0.267. The third kappa shape index (κ3) is 2.51. The van der Waals surface area contributed by atoms with Gasteiger partial charge >= 0.3 is 0 Å². The van der Waals surface area contributed by atoms with Crippen LogP contribution >= 0.6 is 11.6 Å². The highest BCUT2D eigenvalue weighted by molar-refractivity contribution is 6.17. The lowest BCUT2D eigenvalue weighted by Gasteiger charge is -2.07. The van der Waals surface area contributed by atoms with E-state index in [-0.39, 0.29) is 0 Å². The van der Waals surface area contributed by atoms with Gasteiger partial charge in [-0.15, -0.1) is 11.6 Å². The van der Waals surface area contributed by atoms with Gasteiger partial charge in [0, 0.05) is 24.2 Å². The summed E-state index contributed by atoms with van der Waals surface area (Å²) in [6.45, 7) is 2.65. The number of alkyl halides is 1. The Balaban J connectivity index is 2.10. The first-order valence-corrected chi connectivity index (χ1v) is 7.10. The second-order valence-corrected chi connectivity index (χ2v) is 5.05. The molecule has 0 N–H and O–H groups in total. The van der Waals surface area contributed by atoms with Crippen LogP contribution in [0.1, 0.15) is 17.2 Å². The van der Waals surface area contributed by atoms with Crippen LogP contribution in [0.5, 0.6) is 0 Å². The molecule has 0 aliphatic carbocycles. The van der Waals surface area contributed by atoms with Crippen LogP contribution in [0.25, 0.3) is 11.2 Å². The molecule has 0 fully saturated rings. The van der Waals surface area contributed by atoms with Crippen LogP contribution in [-0.4, -0.2) is 25.4 Å². The molecule has 0 saturated carbocycles. The zero-order valence-electron chi connectivity index (χ0n) is 11.3. The number of hydrogen-bond donors (Lipinski definition) is 0. The largest absolute Gasteiger partial charge is 0.307 e. The molecule has 0 spiro atoms. The Morgan fingerprint density at radius 3 is 2.80 bits per heavy atom. The third-order valence-corrected chi connectivity index (χ3v) is 3.36. The Bertz CT molecular complexity index is 721. The van der Waals surface area contributed by atoms with E-state index in [9.17, 15) is 0 Å². The van der Waals surface area contributed by atoms with Gasteiger partial charge in [0.25, 0.3) is 0 Å². The first-order valence-electron chi connectivity index (χ1n) is 6.56. The summed E-state index contributed by atoms with van der Waals surface area (Å²) in [7, 11) is 0. The number of imidazole rings is 1. The summed E-state index contributed by atoms with van der Waals surface area (Å²) in [6.07, 6.45) is 2.53. The van der Waals surface area contributed by atoms with Crippen molar-refractivity contribution in [3.63, 3.8) is 0 Å². The average molecular weight is 287 g/mol. The van der Waals surface area contributed by atoms with E-state index < -0.39 is 0 Å². The van der Waals surface area contributed by atoms with Gasteiger partial charge < -0.3 is 4.57 Å². The molecule has 3 rings (SSSR count). The summed E-state index contributed by atoms with van der Waals surface area (Å²) in [6, 6.07) is 9.89. The fourth-order valence-corrected chi connectivity index (χ4v) is 2.41. The molecule has 3 aromatic heterocycles. The molecule has 0 saturated heterocycles. The lowest BCUT2D eigenvalue weighted by atomic mass is 10.3. The minimum Gasteiger partial charge on any atom is -0.307 e. The number of halogens is 1. The maximum Gasteiger partial charge on any atom is 0.160 e. The molecular formula is C15H15ClN4. The normalized spacial score (nSPS) is 11.1. The number of nitrogens with zero attached hydrogens (tertiary/aromatic N) is 4. The van der Waals surface area contributed by atoms with E-state index in [0.717, 1.165) is 34.8 Å². The van der Waals surface area contributed by atoms with E-state index in [1.54, 1.807) is 6.20 Å². The zero-order valence-corrected chi connectivity index (χ0v) is 12.0. The Labute approximate surface area is 122 Å². The van der Waals surface area contributed by atoms with Crippen LogP contribution in [0.4, 0.5) is 0 Å². The van der Waals surface area contributed by atoms with E-state index in [1.165, 1.54) is 0 Å². The molecule has 0 unspecified atom stereocenters. The first-order chi connectivity index (χ1) is 9.78. The van der Waals surface area contributed by atoms with Crippen molar-refractivity contribution in [2.24, 2.45) is 0 Å². The van der Waals surface area contributed by atoms with E-state index in [0.29, 0.717) is 12.4 Å². The monoisotopic (exact) mass is 286 g/mol. The average Bonchev–Trinajstić information content (AvgIpc) is 2.78. The Hall–Kier alpha value is -1.94. The summed E-state index contributed by atoms with van der Waals surface area (Å²) in [5.74, 6) is 1.50. The molecule has 102 valence electrons.